The molecule has 1 aromatic rings. The van der Waals surface area contributed by atoms with Gasteiger partial charge in [-0.15, -0.1) is 0 Å². The molecule has 168 valence electrons. The van der Waals surface area contributed by atoms with Crippen molar-refractivity contribution in [2.45, 2.75) is 46.5 Å². The number of Topliss-reactive ketones (excluding diaryl/α,β-unsaturated/α-hetero) is 1. The summed E-state index contributed by atoms with van der Waals surface area (Å²) >= 11 is 1.74. The zero-order valence-corrected chi connectivity index (χ0v) is 20.3. The van der Waals surface area contributed by atoms with E-state index >= 15 is 0 Å². The Morgan fingerprint density at radius 3 is 2.52 bits per heavy atom. The Labute approximate surface area is 190 Å². The maximum atomic E-state index is 13.3. The summed E-state index contributed by atoms with van der Waals surface area (Å²) in [5.74, 6) is 0.656. The number of rotatable bonds is 7. The number of allylic oxidation sites excluding steroid dienone is 2. The molecule has 0 saturated carbocycles. The molecule has 6 heteroatoms. The third-order valence-corrected chi connectivity index (χ3v) is 6.86. The molecule has 1 unspecified atom stereocenters. The van der Waals surface area contributed by atoms with E-state index < -0.39 is 5.92 Å². The number of nitrogens with zero attached hydrogens (tertiary/aromatic N) is 2. The predicted octanol–water partition coefficient (Wildman–Crippen LogP) is 4.87. The highest BCUT2D eigenvalue weighted by molar-refractivity contribution is 7.99. The Kier molecular flexibility index (Phi) is 7.30. The SMILES string of the molecule is CCSCCOC(=O)C1C(C)=NC2=C(C(=O)CC(C)(C)C2)[C@@H]1c1ccc(N(C)C)cc1. The van der Waals surface area contributed by atoms with Gasteiger partial charge in [0.05, 0.1) is 0 Å². The van der Waals surface area contributed by atoms with Crippen LogP contribution in [0.5, 0.6) is 0 Å². The molecular formula is C25H34N2O3S. The molecule has 1 aliphatic heterocycles. The molecule has 0 amide bonds. The number of aliphatic imine (C=N–C) groups is 1. The van der Waals surface area contributed by atoms with Crippen molar-refractivity contribution in [3.63, 3.8) is 0 Å². The Bertz CT molecular complexity index is 900. The van der Waals surface area contributed by atoms with Crippen LogP contribution in [0.1, 0.15) is 52.0 Å². The van der Waals surface area contributed by atoms with E-state index in [0.29, 0.717) is 18.6 Å². The number of hydrogen-bond donors (Lipinski definition) is 0. The van der Waals surface area contributed by atoms with Crippen LogP contribution >= 0.6 is 11.8 Å². The molecule has 0 radical (unpaired) electrons. The quantitative estimate of drug-likeness (QED) is 0.446. The average molecular weight is 443 g/mol. The van der Waals surface area contributed by atoms with Gasteiger partial charge < -0.3 is 9.64 Å². The highest BCUT2D eigenvalue weighted by Crippen LogP contribution is 2.48. The Balaban J connectivity index is 2.02. The summed E-state index contributed by atoms with van der Waals surface area (Å²) in [6.07, 6.45) is 1.22. The van der Waals surface area contributed by atoms with Crippen LogP contribution in [-0.4, -0.2) is 49.7 Å². The maximum absolute atomic E-state index is 13.3. The second-order valence-electron chi connectivity index (χ2n) is 9.36. The lowest BCUT2D eigenvalue weighted by atomic mass is 9.67. The molecule has 0 spiro atoms. The number of carbonyl (C=O) groups excluding carboxylic acids is 2. The fourth-order valence-electron chi connectivity index (χ4n) is 4.53. The first-order valence-electron chi connectivity index (χ1n) is 11.0. The van der Waals surface area contributed by atoms with Crippen LogP contribution in [0.4, 0.5) is 5.69 Å². The molecule has 1 aliphatic carbocycles. The molecule has 3 rings (SSSR count). The zero-order valence-electron chi connectivity index (χ0n) is 19.5. The fourth-order valence-corrected chi connectivity index (χ4v) is 5.02. The Morgan fingerprint density at radius 1 is 1.23 bits per heavy atom. The molecule has 0 aromatic heterocycles. The first-order valence-corrected chi connectivity index (χ1v) is 12.1. The first-order chi connectivity index (χ1) is 14.6. The van der Waals surface area contributed by atoms with Crippen LogP contribution in [0.15, 0.2) is 40.5 Å². The van der Waals surface area contributed by atoms with Crippen molar-refractivity contribution in [1.29, 1.82) is 0 Å². The molecule has 0 N–H and O–H groups in total. The van der Waals surface area contributed by atoms with E-state index in [4.69, 9.17) is 9.73 Å². The third kappa shape index (κ3) is 5.22. The van der Waals surface area contributed by atoms with E-state index in [0.717, 1.165) is 40.6 Å². The predicted molar refractivity (Wildman–Crippen MR) is 129 cm³/mol. The van der Waals surface area contributed by atoms with Gasteiger partial charge in [0.1, 0.15) is 12.5 Å². The lowest BCUT2D eigenvalue weighted by molar-refractivity contribution is -0.145. The molecule has 0 fully saturated rings. The van der Waals surface area contributed by atoms with E-state index in [2.05, 4.69) is 20.8 Å². The molecule has 0 bridgehead atoms. The molecule has 2 aliphatic rings. The van der Waals surface area contributed by atoms with Crippen molar-refractivity contribution >= 4 is 34.9 Å². The largest absolute Gasteiger partial charge is 0.464 e. The summed E-state index contributed by atoms with van der Waals surface area (Å²) in [7, 11) is 3.99. The monoisotopic (exact) mass is 442 g/mol. The van der Waals surface area contributed by atoms with Crippen molar-refractivity contribution < 1.29 is 14.3 Å². The van der Waals surface area contributed by atoms with Gasteiger partial charge in [0.25, 0.3) is 0 Å². The summed E-state index contributed by atoms with van der Waals surface area (Å²) in [6.45, 7) is 8.56. The van der Waals surface area contributed by atoms with Gasteiger partial charge in [-0.2, -0.15) is 11.8 Å². The van der Waals surface area contributed by atoms with Crippen molar-refractivity contribution in [2.75, 3.05) is 37.1 Å². The summed E-state index contributed by atoms with van der Waals surface area (Å²) in [6, 6.07) is 8.13. The van der Waals surface area contributed by atoms with E-state index in [9.17, 15) is 9.59 Å². The summed E-state index contributed by atoms with van der Waals surface area (Å²) in [4.78, 5) is 33.3. The smallest absolute Gasteiger partial charge is 0.315 e. The topological polar surface area (TPSA) is 59.0 Å². The minimum absolute atomic E-state index is 0.100. The highest BCUT2D eigenvalue weighted by atomic mass is 32.2. The van der Waals surface area contributed by atoms with Gasteiger partial charge in [0.15, 0.2) is 5.78 Å². The fraction of sp³-hybridized carbons (Fsp3) is 0.560. The normalized spacial score (nSPS) is 22.6. The van der Waals surface area contributed by atoms with Gasteiger partial charge in [-0.1, -0.05) is 32.9 Å². The molecule has 2 atom stereocenters. The molecule has 1 heterocycles. The second-order valence-corrected chi connectivity index (χ2v) is 10.8. The van der Waals surface area contributed by atoms with Crippen molar-refractivity contribution in [3.8, 4) is 0 Å². The lowest BCUT2D eigenvalue weighted by Crippen LogP contribution is -2.39. The lowest BCUT2D eigenvalue weighted by Gasteiger charge is -2.39. The molecule has 31 heavy (non-hydrogen) atoms. The van der Waals surface area contributed by atoms with E-state index in [-0.39, 0.29) is 23.1 Å². The molecule has 0 saturated heterocycles. The van der Waals surface area contributed by atoms with E-state index in [1.54, 1.807) is 11.8 Å². The minimum Gasteiger partial charge on any atom is -0.464 e. The van der Waals surface area contributed by atoms with Crippen LogP contribution in [0.25, 0.3) is 0 Å². The number of thioether (sulfide) groups is 1. The zero-order chi connectivity index (χ0) is 22.8. The standard InChI is InChI=1S/C25H34N2O3S/c1-7-31-13-12-30-24(29)21-16(2)26-19-14-25(3,4)15-20(28)23(19)22(21)17-8-10-18(11-9-17)27(5)6/h8-11,21-22H,7,12-15H2,1-6H3/t21?,22-/m1/s1. The van der Waals surface area contributed by atoms with Gasteiger partial charge in [0.2, 0.25) is 0 Å². The van der Waals surface area contributed by atoms with Crippen molar-refractivity contribution in [2.24, 2.45) is 16.3 Å². The average Bonchev–Trinajstić information content (AvgIpc) is 2.69. The number of ether oxygens (including phenoxy) is 1. The number of benzene rings is 1. The van der Waals surface area contributed by atoms with Gasteiger partial charge in [-0.25, -0.2) is 0 Å². The van der Waals surface area contributed by atoms with Crippen LogP contribution in [0.3, 0.4) is 0 Å². The van der Waals surface area contributed by atoms with Gasteiger partial charge >= 0.3 is 5.97 Å². The first kappa shape index (κ1) is 23.6. The van der Waals surface area contributed by atoms with Crippen molar-refractivity contribution in [3.05, 3.63) is 41.1 Å². The number of esters is 1. The third-order valence-electron chi connectivity index (χ3n) is 6.00. The number of hydrogen-bond acceptors (Lipinski definition) is 6. The van der Waals surface area contributed by atoms with E-state index in [1.165, 1.54) is 0 Å². The minimum atomic E-state index is -0.569. The molecule has 1 aromatic carbocycles. The van der Waals surface area contributed by atoms with Crippen LogP contribution < -0.4 is 4.90 Å². The van der Waals surface area contributed by atoms with E-state index in [1.807, 2.05) is 50.2 Å². The highest BCUT2D eigenvalue weighted by Gasteiger charge is 2.46. The van der Waals surface area contributed by atoms with Crippen molar-refractivity contribution in [1.82, 2.24) is 0 Å². The summed E-state index contributed by atoms with van der Waals surface area (Å²) in [5, 5.41) is 0. The van der Waals surface area contributed by atoms with Crippen LogP contribution in [0.2, 0.25) is 0 Å². The van der Waals surface area contributed by atoms with Gasteiger partial charge in [0, 0.05) is 54.9 Å². The van der Waals surface area contributed by atoms with Crippen LogP contribution in [-0.2, 0) is 14.3 Å². The van der Waals surface area contributed by atoms with Gasteiger partial charge in [-0.05, 0) is 42.2 Å². The Hall–Kier alpha value is -2.08. The number of anilines is 1. The maximum Gasteiger partial charge on any atom is 0.315 e. The summed E-state index contributed by atoms with van der Waals surface area (Å²) < 4.78 is 5.64. The summed E-state index contributed by atoms with van der Waals surface area (Å²) in [5.41, 5.74) is 4.19. The Morgan fingerprint density at radius 2 is 1.90 bits per heavy atom. The molecule has 5 nitrogen and oxygen atoms in total. The van der Waals surface area contributed by atoms with Crippen LogP contribution in [0, 0.1) is 11.3 Å². The number of ketones is 1. The second kappa shape index (κ2) is 9.60. The number of carbonyl (C=O) groups is 2. The van der Waals surface area contributed by atoms with Gasteiger partial charge in [-0.3, -0.25) is 14.6 Å². The molecular weight excluding hydrogens is 408 g/mol.